The molecule has 2 heterocycles. The molecule has 0 spiro atoms. The fraction of sp³-hybridized carbons (Fsp3) is 0.533. The Labute approximate surface area is 126 Å². The van der Waals surface area contributed by atoms with Gasteiger partial charge in [0.05, 0.1) is 5.41 Å². The van der Waals surface area contributed by atoms with E-state index in [9.17, 15) is 0 Å². The highest BCUT2D eigenvalue weighted by molar-refractivity contribution is 5.94. The molecular weight excluding hydrogens is 294 g/mol. The highest BCUT2D eigenvalue weighted by Gasteiger charge is 2.45. The minimum absolute atomic E-state index is 0.223. The van der Waals surface area contributed by atoms with Crippen LogP contribution >= 0.6 is 0 Å². The van der Waals surface area contributed by atoms with Crippen LogP contribution in [0.4, 0.5) is 5.69 Å². The van der Waals surface area contributed by atoms with Gasteiger partial charge >= 0.3 is 0 Å². The lowest BCUT2D eigenvalue weighted by molar-refractivity contribution is -2.00. The maximum Gasteiger partial charge on any atom is 0.212 e. The number of halogens is 1. The number of aryl methyl sites for hydroxylation is 2. The number of rotatable bonds is 0. The summed E-state index contributed by atoms with van der Waals surface area (Å²) in [6, 6.07) is 4.76. The van der Waals surface area contributed by atoms with E-state index in [0.717, 1.165) is 0 Å². The van der Waals surface area contributed by atoms with Crippen molar-refractivity contribution in [2.45, 2.75) is 46.0 Å². The molecule has 116 valence electrons. The van der Waals surface area contributed by atoms with Gasteiger partial charge in [-0.25, -0.2) is 18.6 Å². The number of nitrogens with zero attached hydrogens (tertiary/aromatic N) is 1. The fourth-order valence-corrected chi connectivity index (χ4v) is 3.25. The average Bonchev–Trinajstić information content (AvgIpc) is 2.51. The van der Waals surface area contributed by atoms with E-state index in [1.807, 2.05) is 0 Å². The molecule has 0 amide bonds. The lowest BCUT2D eigenvalue weighted by Crippen LogP contribution is -2.68. The molecule has 2 aliphatic heterocycles. The van der Waals surface area contributed by atoms with Crippen molar-refractivity contribution in [3.63, 3.8) is 0 Å². The van der Waals surface area contributed by atoms with Crippen molar-refractivity contribution >= 4 is 11.4 Å². The molecule has 0 aliphatic carbocycles. The van der Waals surface area contributed by atoms with Gasteiger partial charge in [-0.1, -0.05) is 5.56 Å². The van der Waals surface area contributed by atoms with Gasteiger partial charge in [-0.2, -0.15) is 4.58 Å². The molecule has 0 saturated carbocycles. The summed E-state index contributed by atoms with van der Waals surface area (Å²) in [7, 11) is -4.94. The third-order valence-electron chi connectivity index (χ3n) is 4.41. The molecule has 0 N–H and O–H groups in total. The fourth-order valence-electron chi connectivity index (χ4n) is 3.25. The van der Waals surface area contributed by atoms with E-state index >= 15 is 0 Å². The first-order chi connectivity index (χ1) is 9.51. The molecule has 0 unspecified atom stereocenters. The van der Waals surface area contributed by atoms with Gasteiger partial charge in [0.2, 0.25) is 5.69 Å². The molecule has 3 rings (SSSR count). The molecule has 1 aromatic rings. The van der Waals surface area contributed by atoms with Gasteiger partial charge in [-0.15, -0.1) is 10.2 Å². The van der Waals surface area contributed by atoms with Crippen molar-refractivity contribution in [2.75, 3.05) is 6.54 Å². The van der Waals surface area contributed by atoms with Crippen LogP contribution in [-0.4, -0.2) is 16.8 Å². The zero-order valence-corrected chi connectivity index (χ0v) is 13.5. The highest BCUT2D eigenvalue weighted by Crippen LogP contribution is 2.44. The predicted octanol–water partition coefficient (Wildman–Crippen LogP) is -1.42. The van der Waals surface area contributed by atoms with E-state index in [4.69, 9.17) is 18.6 Å². The van der Waals surface area contributed by atoms with E-state index in [1.54, 1.807) is 11.1 Å². The molecule has 0 aromatic heterocycles. The summed E-state index contributed by atoms with van der Waals surface area (Å²) in [6.45, 7) is 10.4. The topological polar surface area (TPSA) is 95.2 Å². The van der Waals surface area contributed by atoms with Crippen molar-refractivity contribution in [3.05, 3.63) is 28.8 Å². The van der Waals surface area contributed by atoms with E-state index < -0.39 is 10.2 Å². The second-order valence-electron chi connectivity index (χ2n) is 6.16. The third kappa shape index (κ3) is 3.27. The molecule has 0 radical (unpaired) electrons. The van der Waals surface area contributed by atoms with Crippen molar-refractivity contribution in [3.8, 4) is 0 Å². The highest BCUT2D eigenvalue weighted by atomic mass is 35.7. The Morgan fingerprint density at radius 3 is 2.24 bits per heavy atom. The molecule has 0 saturated heterocycles. The summed E-state index contributed by atoms with van der Waals surface area (Å²) in [5.74, 6) is 0. The summed E-state index contributed by atoms with van der Waals surface area (Å²) in [4.78, 5) is 0. The smallest absolute Gasteiger partial charge is 0.212 e. The first-order valence-electron chi connectivity index (χ1n) is 6.89. The Morgan fingerprint density at radius 1 is 1.10 bits per heavy atom. The molecule has 0 bridgehead atoms. The van der Waals surface area contributed by atoms with Gasteiger partial charge in [0.25, 0.3) is 0 Å². The second kappa shape index (κ2) is 5.34. The molecule has 21 heavy (non-hydrogen) atoms. The van der Waals surface area contributed by atoms with Crippen LogP contribution in [0.1, 0.15) is 43.9 Å². The van der Waals surface area contributed by atoms with Crippen LogP contribution in [0.15, 0.2) is 12.1 Å². The summed E-state index contributed by atoms with van der Waals surface area (Å²) in [5.41, 5.74) is 7.79. The van der Waals surface area contributed by atoms with Crippen LogP contribution in [0.3, 0.4) is 0 Å². The molecule has 6 heteroatoms. The Balaban J connectivity index is 0.000000282. The molecule has 5 nitrogen and oxygen atoms in total. The SMILES string of the molecule is CC1=[N+]2CCCc3cc(C)cc(c32)C1(C)C.[O-][Cl+3]([O-])([O-])[O-]. The standard InChI is InChI=1S/C15H20N.ClHO4/c1-10-8-12-6-5-7-16-11(2)15(3,4)13(9-10)14(12)16;2-1(3,4)5/h8-9H,5-7H2,1-4H3;(H,2,3,4,5)/q+1;/p-1. The minimum atomic E-state index is -4.94. The second-order valence-corrected chi connectivity index (χ2v) is 6.92. The van der Waals surface area contributed by atoms with Gasteiger partial charge in [0.15, 0.2) is 5.71 Å². The lowest BCUT2D eigenvalue weighted by atomic mass is 9.80. The first-order valence-corrected chi connectivity index (χ1v) is 8.12. The van der Waals surface area contributed by atoms with Gasteiger partial charge in [0.1, 0.15) is 6.54 Å². The van der Waals surface area contributed by atoms with Crippen LogP contribution in [0.25, 0.3) is 0 Å². The van der Waals surface area contributed by atoms with Gasteiger partial charge in [0, 0.05) is 24.5 Å². The molecule has 0 fully saturated rings. The van der Waals surface area contributed by atoms with Crippen LogP contribution < -0.4 is 18.6 Å². The monoisotopic (exact) mass is 313 g/mol. The maximum atomic E-state index is 8.49. The summed E-state index contributed by atoms with van der Waals surface area (Å²) >= 11 is 0. The van der Waals surface area contributed by atoms with E-state index in [-0.39, 0.29) is 5.41 Å². The number of benzene rings is 1. The van der Waals surface area contributed by atoms with Crippen molar-refractivity contribution in [2.24, 2.45) is 0 Å². The van der Waals surface area contributed by atoms with Gasteiger partial charge in [-0.05, 0) is 39.3 Å². The van der Waals surface area contributed by atoms with Crippen LogP contribution in [0, 0.1) is 17.2 Å². The zero-order chi connectivity index (χ0) is 16.0. The van der Waals surface area contributed by atoms with Gasteiger partial charge in [-0.3, -0.25) is 0 Å². The lowest BCUT2D eigenvalue weighted by Gasteiger charge is -2.17. The largest absolute Gasteiger partial charge is 0.222 e. The number of hydrogen-bond donors (Lipinski definition) is 0. The molecule has 2 aliphatic rings. The normalized spacial score (nSPS) is 19.0. The minimum Gasteiger partial charge on any atom is -0.222 e. The first kappa shape index (κ1) is 16.4. The number of hydrogen-bond acceptors (Lipinski definition) is 4. The average molecular weight is 314 g/mol. The molecule has 0 atom stereocenters. The van der Waals surface area contributed by atoms with Crippen LogP contribution in [0.2, 0.25) is 0 Å². The predicted molar refractivity (Wildman–Crippen MR) is 68.0 cm³/mol. The third-order valence-corrected chi connectivity index (χ3v) is 4.41. The zero-order valence-electron chi connectivity index (χ0n) is 12.7. The van der Waals surface area contributed by atoms with Crippen molar-refractivity contribution < 1.29 is 33.5 Å². The Morgan fingerprint density at radius 2 is 1.67 bits per heavy atom. The van der Waals surface area contributed by atoms with Crippen LogP contribution in [0.5, 0.6) is 0 Å². The Kier molecular flexibility index (Phi) is 4.17. The summed E-state index contributed by atoms with van der Waals surface area (Å²) < 4.78 is 36.5. The molecular formula is C15H20ClNO4. The van der Waals surface area contributed by atoms with E-state index in [0.29, 0.717) is 0 Å². The summed E-state index contributed by atoms with van der Waals surface area (Å²) in [5, 5.41) is 0. The molecule has 1 aromatic carbocycles. The quantitative estimate of drug-likeness (QED) is 0.549. The van der Waals surface area contributed by atoms with E-state index in [2.05, 4.69) is 44.4 Å². The Hall–Kier alpha value is -0.980. The van der Waals surface area contributed by atoms with E-state index in [1.165, 1.54) is 36.3 Å². The van der Waals surface area contributed by atoms with Gasteiger partial charge < -0.3 is 0 Å². The van der Waals surface area contributed by atoms with Crippen molar-refractivity contribution in [1.82, 2.24) is 0 Å². The maximum absolute atomic E-state index is 8.49. The van der Waals surface area contributed by atoms with Crippen LogP contribution in [-0.2, 0) is 11.8 Å². The Bertz CT molecular complexity index is 596. The summed E-state index contributed by atoms with van der Waals surface area (Å²) in [6.07, 6.45) is 2.55. The van der Waals surface area contributed by atoms with Crippen molar-refractivity contribution in [1.29, 1.82) is 0 Å².